The number of carbonyl (C=O) groups excluding carboxylic acids is 2. The van der Waals surface area contributed by atoms with Crippen LogP contribution >= 0.6 is 34.4 Å². The molecule has 7 nitrogen and oxygen atoms in total. The van der Waals surface area contributed by atoms with E-state index in [0.29, 0.717) is 22.3 Å². The van der Waals surface area contributed by atoms with Crippen molar-refractivity contribution in [2.45, 2.75) is 25.5 Å². The number of amides is 1. The van der Waals surface area contributed by atoms with Crippen molar-refractivity contribution in [2.75, 3.05) is 18.2 Å². The lowest BCUT2D eigenvalue weighted by atomic mass is 10.3. The van der Waals surface area contributed by atoms with Gasteiger partial charge in [0.15, 0.2) is 11.0 Å². The molecule has 0 aliphatic carbocycles. The quantitative estimate of drug-likeness (QED) is 0.459. The molecule has 142 valence electrons. The number of hydrogen-bond acceptors (Lipinski definition) is 8. The third kappa shape index (κ3) is 4.40. The molecule has 0 unspecified atom stereocenters. The van der Waals surface area contributed by atoms with E-state index in [-0.39, 0.29) is 11.7 Å². The number of esters is 1. The van der Waals surface area contributed by atoms with Crippen LogP contribution in [0.15, 0.2) is 28.0 Å². The van der Waals surface area contributed by atoms with E-state index < -0.39 is 5.97 Å². The highest BCUT2D eigenvalue weighted by molar-refractivity contribution is 7.99. The summed E-state index contributed by atoms with van der Waals surface area (Å²) < 4.78 is 6.70. The molecule has 0 saturated carbocycles. The van der Waals surface area contributed by atoms with Gasteiger partial charge >= 0.3 is 5.97 Å². The van der Waals surface area contributed by atoms with Crippen LogP contribution in [0.25, 0.3) is 11.4 Å². The molecule has 0 fully saturated rings. The van der Waals surface area contributed by atoms with Gasteiger partial charge in [-0.15, -0.1) is 32.9 Å². The maximum absolute atomic E-state index is 12.3. The van der Waals surface area contributed by atoms with Crippen molar-refractivity contribution in [3.8, 4) is 11.4 Å². The minimum absolute atomic E-state index is 0.166. The molecule has 0 aliphatic heterocycles. The maximum Gasteiger partial charge on any atom is 0.340 e. The molecular formula is C17H18N4O3S3. The fourth-order valence-corrected chi connectivity index (χ4v) is 4.70. The Morgan fingerprint density at radius 1 is 1.33 bits per heavy atom. The normalized spacial score (nSPS) is 10.8. The van der Waals surface area contributed by atoms with Crippen molar-refractivity contribution >= 4 is 51.3 Å². The van der Waals surface area contributed by atoms with E-state index in [1.807, 2.05) is 18.4 Å². The van der Waals surface area contributed by atoms with Gasteiger partial charge in [0.2, 0.25) is 5.91 Å². The molecule has 0 spiro atoms. The Morgan fingerprint density at radius 3 is 2.81 bits per heavy atom. The van der Waals surface area contributed by atoms with E-state index in [1.165, 1.54) is 35.1 Å². The van der Waals surface area contributed by atoms with Crippen LogP contribution in [0.4, 0.5) is 5.00 Å². The van der Waals surface area contributed by atoms with Crippen LogP contribution in [0, 0.1) is 6.92 Å². The number of aromatic nitrogens is 3. The SMILES string of the molecule is CCn1c(SCC(=O)Nc2sccc2C(=O)OC)nnc1-c1csc(C)c1. The van der Waals surface area contributed by atoms with E-state index in [0.717, 1.165) is 11.4 Å². The number of thiophene rings is 2. The van der Waals surface area contributed by atoms with Gasteiger partial charge in [0.05, 0.1) is 18.4 Å². The number of carbonyl (C=O) groups is 2. The van der Waals surface area contributed by atoms with E-state index in [1.54, 1.807) is 22.8 Å². The molecule has 1 N–H and O–H groups in total. The topological polar surface area (TPSA) is 86.1 Å². The first-order valence-electron chi connectivity index (χ1n) is 8.10. The molecule has 10 heteroatoms. The van der Waals surface area contributed by atoms with Gasteiger partial charge in [0.1, 0.15) is 5.00 Å². The Hall–Kier alpha value is -2.17. The second-order valence-electron chi connectivity index (χ2n) is 5.49. The predicted octanol–water partition coefficient (Wildman–Crippen LogP) is 3.91. The van der Waals surface area contributed by atoms with E-state index in [9.17, 15) is 9.59 Å². The lowest BCUT2D eigenvalue weighted by Crippen LogP contribution is -2.16. The molecule has 3 heterocycles. The zero-order valence-electron chi connectivity index (χ0n) is 15.0. The van der Waals surface area contributed by atoms with Crippen LogP contribution in [0.3, 0.4) is 0 Å². The molecule has 0 aliphatic rings. The van der Waals surface area contributed by atoms with Crippen molar-refractivity contribution < 1.29 is 14.3 Å². The van der Waals surface area contributed by atoms with Crippen LogP contribution in [0.5, 0.6) is 0 Å². The number of anilines is 1. The molecule has 0 atom stereocenters. The smallest absolute Gasteiger partial charge is 0.340 e. The van der Waals surface area contributed by atoms with Crippen LogP contribution in [-0.4, -0.2) is 39.5 Å². The zero-order valence-corrected chi connectivity index (χ0v) is 17.5. The van der Waals surface area contributed by atoms with Crippen molar-refractivity contribution in [1.29, 1.82) is 0 Å². The summed E-state index contributed by atoms with van der Waals surface area (Å²) in [6.45, 7) is 4.77. The molecule has 0 aromatic carbocycles. The van der Waals surface area contributed by atoms with Crippen LogP contribution in [0.1, 0.15) is 22.2 Å². The monoisotopic (exact) mass is 422 g/mol. The van der Waals surface area contributed by atoms with Crippen LogP contribution in [0.2, 0.25) is 0 Å². The molecular weight excluding hydrogens is 404 g/mol. The Morgan fingerprint density at radius 2 is 2.15 bits per heavy atom. The summed E-state index contributed by atoms with van der Waals surface area (Å²) in [4.78, 5) is 25.2. The molecule has 0 radical (unpaired) electrons. The van der Waals surface area contributed by atoms with Crippen molar-refractivity contribution in [3.63, 3.8) is 0 Å². The zero-order chi connectivity index (χ0) is 19.4. The minimum Gasteiger partial charge on any atom is -0.465 e. The van der Waals surface area contributed by atoms with Crippen molar-refractivity contribution in [2.24, 2.45) is 0 Å². The average Bonchev–Trinajstić information content (AvgIpc) is 3.38. The predicted molar refractivity (Wildman–Crippen MR) is 109 cm³/mol. The summed E-state index contributed by atoms with van der Waals surface area (Å²) in [6, 6.07) is 3.70. The first-order valence-corrected chi connectivity index (χ1v) is 10.8. The minimum atomic E-state index is -0.472. The Labute approximate surface area is 168 Å². The highest BCUT2D eigenvalue weighted by atomic mass is 32.2. The van der Waals surface area contributed by atoms with E-state index >= 15 is 0 Å². The van der Waals surface area contributed by atoms with Crippen LogP contribution in [-0.2, 0) is 16.1 Å². The Bertz CT molecular complexity index is 960. The fourth-order valence-electron chi connectivity index (χ4n) is 2.42. The second-order valence-corrected chi connectivity index (χ2v) is 8.46. The summed E-state index contributed by atoms with van der Waals surface area (Å²) in [5, 5.41) is 16.2. The highest BCUT2D eigenvalue weighted by Crippen LogP contribution is 2.28. The maximum atomic E-state index is 12.3. The van der Waals surface area contributed by atoms with Gasteiger partial charge in [-0.3, -0.25) is 4.79 Å². The number of nitrogens with one attached hydrogen (secondary N) is 1. The number of aryl methyl sites for hydroxylation is 1. The van der Waals surface area contributed by atoms with Crippen molar-refractivity contribution in [1.82, 2.24) is 14.8 Å². The summed E-state index contributed by atoms with van der Waals surface area (Å²) in [6.07, 6.45) is 0. The van der Waals surface area contributed by atoms with Gasteiger partial charge in [-0.2, -0.15) is 0 Å². The first kappa shape index (κ1) is 19.6. The number of hydrogen-bond donors (Lipinski definition) is 1. The highest BCUT2D eigenvalue weighted by Gasteiger charge is 2.18. The first-order chi connectivity index (χ1) is 13.0. The van der Waals surface area contributed by atoms with Gasteiger partial charge in [0, 0.05) is 22.4 Å². The molecule has 3 aromatic rings. The third-order valence-corrected chi connectivity index (χ3v) is 6.34. The number of thioether (sulfide) groups is 1. The summed E-state index contributed by atoms with van der Waals surface area (Å²) in [7, 11) is 1.31. The molecule has 0 saturated heterocycles. The summed E-state index contributed by atoms with van der Waals surface area (Å²) >= 11 is 4.26. The summed E-state index contributed by atoms with van der Waals surface area (Å²) in [5.41, 5.74) is 1.39. The third-order valence-electron chi connectivity index (χ3n) is 3.68. The van der Waals surface area contributed by atoms with Crippen molar-refractivity contribution in [3.05, 3.63) is 33.3 Å². The lowest BCUT2D eigenvalue weighted by Gasteiger charge is -2.07. The van der Waals surface area contributed by atoms with Gasteiger partial charge in [-0.25, -0.2) is 4.79 Å². The fraction of sp³-hybridized carbons (Fsp3) is 0.294. The standard InChI is InChI=1S/C17H18N4O3S3/c1-4-21-14(11-7-10(2)26-8-11)19-20-17(21)27-9-13(22)18-15-12(5-6-25-15)16(23)24-3/h5-8H,4,9H2,1-3H3,(H,18,22). The average molecular weight is 423 g/mol. The Kier molecular flexibility index (Phi) is 6.30. The second kappa shape index (κ2) is 8.68. The molecule has 3 aromatic heterocycles. The molecule has 1 amide bonds. The summed E-state index contributed by atoms with van der Waals surface area (Å²) in [5.74, 6) is 0.280. The van der Waals surface area contributed by atoms with Gasteiger partial charge in [-0.05, 0) is 31.4 Å². The Balaban J connectivity index is 1.67. The molecule has 3 rings (SSSR count). The van der Waals surface area contributed by atoms with Gasteiger partial charge in [0.25, 0.3) is 0 Å². The number of methoxy groups -OCH3 is 1. The number of ether oxygens (including phenoxy) is 1. The van der Waals surface area contributed by atoms with Crippen LogP contribution < -0.4 is 5.32 Å². The number of rotatable bonds is 7. The number of nitrogens with zero attached hydrogens (tertiary/aromatic N) is 3. The van der Waals surface area contributed by atoms with E-state index in [2.05, 4.69) is 27.0 Å². The largest absolute Gasteiger partial charge is 0.465 e. The molecule has 27 heavy (non-hydrogen) atoms. The van der Waals surface area contributed by atoms with Gasteiger partial charge < -0.3 is 14.6 Å². The van der Waals surface area contributed by atoms with Gasteiger partial charge in [-0.1, -0.05) is 11.8 Å². The molecule has 0 bridgehead atoms. The van der Waals surface area contributed by atoms with E-state index in [4.69, 9.17) is 4.74 Å². The lowest BCUT2D eigenvalue weighted by molar-refractivity contribution is -0.113.